The van der Waals surface area contributed by atoms with Crippen LogP contribution < -0.4 is 10.1 Å². The van der Waals surface area contributed by atoms with Crippen LogP contribution >= 0.6 is 0 Å². The fourth-order valence-corrected chi connectivity index (χ4v) is 3.41. The summed E-state index contributed by atoms with van der Waals surface area (Å²) < 4.78 is 9.95. The van der Waals surface area contributed by atoms with Crippen LogP contribution in [0.5, 0.6) is 5.75 Å². The van der Waals surface area contributed by atoms with Gasteiger partial charge in [-0.25, -0.2) is 0 Å². The standard InChI is InChI=1S/C17H21N3O6/c1-25-15-3-2-11(10-14(15)20(23)24)16(21)18-12-4-7-19(8-5-12)13-6-9-26-17(13)22/h2-3,10,12-13H,4-9H2,1H3,(H,18,21). The summed E-state index contributed by atoms with van der Waals surface area (Å²) in [5.41, 5.74) is -0.0194. The maximum absolute atomic E-state index is 12.4. The largest absolute Gasteiger partial charge is 0.490 e. The van der Waals surface area contributed by atoms with Crippen molar-refractivity contribution in [3.8, 4) is 5.75 Å². The Kier molecular flexibility index (Phi) is 5.36. The van der Waals surface area contributed by atoms with E-state index < -0.39 is 4.92 Å². The van der Waals surface area contributed by atoms with Gasteiger partial charge in [0.15, 0.2) is 5.75 Å². The zero-order chi connectivity index (χ0) is 18.7. The number of amides is 1. The molecular formula is C17H21N3O6. The molecule has 9 nitrogen and oxygen atoms in total. The van der Waals surface area contributed by atoms with E-state index in [-0.39, 0.29) is 41.0 Å². The Morgan fingerprint density at radius 3 is 2.65 bits per heavy atom. The van der Waals surface area contributed by atoms with Gasteiger partial charge in [0.1, 0.15) is 6.04 Å². The van der Waals surface area contributed by atoms with Gasteiger partial charge in [0, 0.05) is 37.2 Å². The number of rotatable bonds is 5. The Balaban J connectivity index is 1.58. The first-order chi connectivity index (χ1) is 12.5. The molecule has 1 N–H and O–H groups in total. The van der Waals surface area contributed by atoms with Crippen LogP contribution in [0.4, 0.5) is 5.69 Å². The first kappa shape index (κ1) is 18.1. The monoisotopic (exact) mass is 363 g/mol. The van der Waals surface area contributed by atoms with E-state index in [1.165, 1.54) is 25.3 Å². The minimum atomic E-state index is -0.575. The van der Waals surface area contributed by atoms with E-state index >= 15 is 0 Å². The number of carbonyl (C=O) groups is 2. The average Bonchev–Trinajstić information content (AvgIpc) is 3.07. The highest BCUT2D eigenvalue weighted by Gasteiger charge is 2.34. The molecule has 1 aromatic rings. The van der Waals surface area contributed by atoms with Gasteiger partial charge in [-0.05, 0) is 25.0 Å². The van der Waals surface area contributed by atoms with E-state index in [1.54, 1.807) is 0 Å². The topological polar surface area (TPSA) is 111 Å². The predicted octanol–water partition coefficient (Wildman–Crippen LogP) is 1.11. The lowest BCUT2D eigenvalue weighted by Gasteiger charge is -2.34. The number of nitro groups is 1. The molecule has 2 aliphatic rings. The third-order valence-corrected chi connectivity index (χ3v) is 4.85. The SMILES string of the molecule is COc1ccc(C(=O)NC2CCN(C3CCOC3=O)CC2)cc1[N+](=O)[O-]. The molecule has 140 valence electrons. The Labute approximate surface area is 150 Å². The lowest BCUT2D eigenvalue weighted by molar-refractivity contribution is -0.385. The third kappa shape index (κ3) is 3.77. The van der Waals surface area contributed by atoms with Crippen molar-refractivity contribution in [1.82, 2.24) is 10.2 Å². The van der Waals surface area contributed by atoms with Crippen LogP contribution in [0.15, 0.2) is 18.2 Å². The van der Waals surface area contributed by atoms with Crippen molar-refractivity contribution in [1.29, 1.82) is 0 Å². The molecule has 2 aliphatic heterocycles. The number of cyclic esters (lactones) is 1. The second-order valence-corrected chi connectivity index (χ2v) is 6.40. The van der Waals surface area contributed by atoms with Crippen molar-refractivity contribution in [3.05, 3.63) is 33.9 Å². The average molecular weight is 363 g/mol. The summed E-state index contributed by atoms with van der Waals surface area (Å²) in [6, 6.07) is 3.94. The summed E-state index contributed by atoms with van der Waals surface area (Å²) in [5.74, 6) is -0.407. The molecule has 0 spiro atoms. The van der Waals surface area contributed by atoms with Gasteiger partial charge in [0.25, 0.3) is 5.91 Å². The molecule has 2 heterocycles. The van der Waals surface area contributed by atoms with Crippen LogP contribution in [-0.2, 0) is 9.53 Å². The molecule has 9 heteroatoms. The molecule has 2 saturated heterocycles. The molecule has 0 aliphatic carbocycles. The van der Waals surface area contributed by atoms with Crippen molar-refractivity contribution in [3.63, 3.8) is 0 Å². The van der Waals surface area contributed by atoms with E-state index in [2.05, 4.69) is 10.2 Å². The second-order valence-electron chi connectivity index (χ2n) is 6.40. The van der Waals surface area contributed by atoms with E-state index in [0.717, 1.165) is 0 Å². The van der Waals surface area contributed by atoms with Gasteiger partial charge >= 0.3 is 11.7 Å². The van der Waals surface area contributed by atoms with Crippen molar-refractivity contribution >= 4 is 17.6 Å². The van der Waals surface area contributed by atoms with E-state index in [4.69, 9.17) is 9.47 Å². The smallest absolute Gasteiger partial charge is 0.323 e. The number of benzene rings is 1. The maximum atomic E-state index is 12.4. The minimum Gasteiger partial charge on any atom is -0.490 e. The number of nitrogens with one attached hydrogen (secondary N) is 1. The zero-order valence-corrected chi connectivity index (χ0v) is 14.5. The molecule has 2 fully saturated rings. The van der Waals surface area contributed by atoms with Crippen LogP contribution in [0, 0.1) is 10.1 Å². The van der Waals surface area contributed by atoms with Gasteiger partial charge in [-0.3, -0.25) is 24.6 Å². The molecule has 0 radical (unpaired) electrons. The number of ether oxygens (including phenoxy) is 2. The summed E-state index contributed by atoms with van der Waals surface area (Å²) in [6.07, 6.45) is 2.15. The molecular weight excluding hydrogens is 342 g/mol. The molecule has 1 unspecified atom stereocenters. The molecule has 1 aromatic carbocycles. The first-order valence-electron chi connectivity index (χ1n) is 8.53. The van der Waals surface area contributed by atoms with Crippen molar-refractivity contribution in [2.45, 2.75) is 31.3 Å². The van der Waals surface area contributed by atoms with Gasteiger partial charge in [-0.1, -0.05) is 0 Å². The Bertz CT molecular complexity index is 714. The molecule has 0 aromatic heterocycles. The highest BCUT2D eigenvalue weighted by atomic mass is 16.6. The number of methoxy groups -OCH3 is 1. The third-order valence-electron chi connectivity index (χ3n) is 4.85. The van der Waals surface area contributed by atoms with Crippen LogP contribution in [0.3, 0.4) is 0 Å². The number of nitrogens with zero attached hydrogens (tertiary/aromatic N) is 2. The molecule has 1 amide bonds. The molecule has 0 saturated carbocycles. The minimum absolute atomic E-state index is 0.0302. The van der Waals surface area contributed by atoms with Crippen molar-refractivity contribution in [2.24, 2.45) is 0 Å². The summed E-state index contributed by atoms with van der Waals surface area (Å²) in [4.78, 5) is 36.7. The van der Waals surface area contributed by atoms with Gasteiger partial charge in [0.05, 0.1) is 18.6 Å². The van der Waals surface area contributed by atoms with Crippen molar-refractivity contribution in [2.75, 3.05) is 26.8 Å². The normalized spacial score (nSPS) is 21.3. The van der Waals surface area contributed by atoms with Gasteiger partial charge in [-0.2, -0.15) is 0 Å². The van der Waals surface area contributed by atoms with Crippen molar-refractivity contribution < 1.29 is 24.0 Å². The lowest BCUT2D eigenvalue weighted by atomic mass is 10.0. The van der Waals surface area contributed by atoms with Crippen LogP contribution in [0.2, 0.25) is 0 Å². The van der Waals surface area contributed by atoms with E-state index in [0.29, 0.717) is 39.0 Å². The second kappa shape index (κ2) is 7.69. The highest BCUT2D eigenvalue weighted by Crippen LogP contribution is 2.27. The fraction of sp³-hybridized carbons (Fsp3) is 0.529. The number of likely N-dealkylation sites (tertiary alicyclic amines) is 1. The number of hydrogen-bond acceptors (Lipinski definition) is 7. The number of esters is 1. The molecule has 3 rings (SSSR count). The first-order valence-corrected chi connectivity index (χ1v) is 8.53. The predicted molar refractivity (Wildman–Crippen MR) is 91.1 cm³/mol. The van der Waals surface area contributed by atoms with E-state index in [9.17, 15) is 19.7 Å². The number of piperidine rings is 1. The lowest BCUT2D eigenvalue weighted by Crippen LogP contribution is -2.49. The van der Waals surface area contributed by atoms with Gasteiger partial charge in [-0.15, -0.1) is 0 Å². The Morgan fingerprint density at radius 2 is 2.08 bits per heavy atom. The number of carbonyl (C=O) groups excluding carboxylic acids is 2. The summed E-state index contributed by atoms with van der Waals surface area (Å²) >= 11 is 0. The van der Waals surface area contributed by atoms with Gasteiger partial charge in [0.2, 0.25) is 0 Å². The summed E-state index contributed by atoms with van der Waals surface area (Å²) in [5, 5.41) is 14.0. The molecule has 1 atom stereocenters. The Morgan fingerprint density at radius 1 is 1.35 bits per heavy atom. The van der Waals surface area contributed by atoms with Crippen LogP contribution in [0.25, 0.3) is 0 Å². The summed E-state index contributed by atoms with van der Waals surface area (Å²) in [6.45, 7) is 1.87. The molecule has 0 bridgehead atoms. The fourth-order valence-electron chi connectivity index (χ4n) is 3.41. The highest BCUT2D eigenvalue weighted by molar-refractivity contribution is 5.95. The number of hydrogen-bond donors (Lipinski definition) is 1. The zero-order valence-electron chi connectivity index (χ0n) is 14.5. The number of nitro benzene ring substituents is 1. The van der Waals surface area contributed by atoms with Gasteiger partial charge < -0.3 is 14.8 Å². The Hall–Kier alpha value is -2.68. The van der Waals surface area contributed by atoms with E-state index in [1.807, 2.05) is 0 Å². The quantitative estimate of drug-likeness (QED) is 0.474. The van der Waals surface area contributed by atoms with Crippen LogP contribution in [0.1, 0.15) is 29.6 Å². The maximum Gasteiger partial charge on any atom is 0.323 e. The molecule has 26 heavy (non-hydrogen) atoms. The summed E-state index contributed by atoms with van der Waals surface area (Å²) in [7, 11) is 1.34. The van der Waals surface area contributed by atoms with Crippen LogP contribution in [-0.4, -0.2) is 60.6 Å².